The monoisotopic (exact) mass is 240 g/mol. The summed E-state index contributed by atoms with van der Waals surface area (Å²) in [6.07, 6.45) is 7.77. The van der Waals surface area contributed by atoms with E-state index in [2.05, 4.69) is 17.3 Å². The fourth-order valence-corrected chi connectivity index (χ4v) is 3.39. The molecule has 0 saturated heterocycles. The second-order valence-corrected chi connectivity index (χ2v) is 6.15. The molecule has 2 N–H and O–H groups in total. The zero-order valence-corrected chi connectivity index (χ0v) is 11.4. The van der Waals surface area contributed by atoms with E-state index in [9.17, 15) is 5.11 Å². The Morgan fingerprint density at radius 2 is 2.12 bits per heavy atom. The third kappa shape index (κ3) is 3.21. The topological polar surface area (TPSA) is 35.5 Å². The number of hydrogen-bond donors (Lipinski definition) is 2. The van der Waals surface area contributed by atoms with Crippen LogP contribution < -0.4 is 5.32 Å². The molecule has 2 atom stereocenters. The van der Waals surface area contributed by atoms with E-state index in [1.165, 1.54) is 45.2 Å². The van der Waals surface area contributed by atoms with E-state index < -0.39 is 0 Å². The number of aliphatic hydroxyl groups is 1. The van der Waals surface area contributed by atoms with Gasteiger partial charge in [0.15, 0.2) is 0 Å². The predicted molar refractivity (Wildman–Crippen MR) is 71.1 cm³/mol. The first-order chi connectivity index (χ1) is 8.20. The zero-order chi connectivity index (χ0) is 12.3. The minimum atomic E-state index is 0.0143. The van der Waals surface area contributed by atoms with Crippen LogP contribution in [0.15, 0.2) is 0 Å². The summed E-state index contributed by atoms with van der Waals surface area (Å²) in [6.45, 7) is 2.75. The lowest BCUT2D eigenvalue weighted by atomic mass is 9.85. The van der Waals surface area contributed by atoms with Gasteiger partial charge in [-0.05, 0) is 64.6 Å². The van der Waals surface area contributed by atoms with Gasteiger partial charge in [-0.2, -0.15) is 0 Å². The van der Waals surface area contributed by atoms with Crippen molar-refractivity contribution in [3.8, 4) is 0 Å². The van der Waals surface area contributed by atoms with E-state index in [0.717, 1.165) is 12.3 Å². The van der Waals surface area contributed by atoms with Gasteiger partial charge in [0.25, 0.3) is 0 Å². The molecule has 2 rings (SSSR count). The summed E-state index contributed by atoms with van der Waals surface area (Å²) < 4.78 is 0. The van der Waals surface area contributed by atoms with Crippen molar-refractivity contribution in [1.82, 2.24) is 10.2 Å². The maximum Gasteiger partial charge on any atom is 0.0615 e. The smallest absolute Gasteiger partial charge is 0.0615 e. The molecular formula is C14H28N2O. The van der Waals surface area contributed by atoms with Crippen molar-refractivity contribution >= 4 is 0 Å². The van der Waals surface area contributed by atoms with Crippen LogP contribution in [-0.4, -0.2) is 49.3 Å². The summed E-state index contributed by atoms with van der Waals surface area (Å²) in [5.41, 5.74) is 0.0143. The number of rotatable bonds is 7. The number of nitrogens with zero attached hydrogens (tertiary/aromatic N) is 1. The third-order valence-electron chi connectivity index (χ3n) is 4.86. The molecule has 2 saturated carbocycles. The van der Waals surface area contributed by atoms with Crippen LogP contribution in [0.2, 0.25) is 0 Å². The lowest BCUT2D eigenvalue weighted by molar-refractivity contribution is 0.120. The van der Waals surface area contributed by atoms with Crippen LogP contribution in [0.25, 0.3) is 0 Å². The normalized spacial score (nSPS) is 33.5. The molecule has 17 heavy (non-hydrogen) atoms. The molecule has 2 aliphatic rings. The van der Waals surface area contributed by atoms with Crippen molar-refractivity contribution in [2.45, 2.75) is 44.1 Å². The summed E-state index contributed by atoms with van der Waals surface area (Å²) in [5, 5.41) is 13.0. The van der Waals surface area contributed by atoms with Gasteiger partial charge in [-0.1, -0.05) is 6.42 Å². The Morgan fingerprint density at radius 3 is 2.71 bits per heavy atom. The van der Waals surface area contributed by atoms with E-state index in [1.54, 1.807) is 0 Å². The minimum absolute atomic E-state index is 0.0143. The molecule has 3 nitrogen and oxygen atoms in total. The highest BCUT2D eigenvalue weighted by Gasteiger charge is 2.40. The van der Waals surface area contributed by atoms with Gasteiger partial charge in [0.1, 0.15) is 0 Å². The zero-order valence-electron chi connectivity index (χ0n) is 11.4. The summed E-state index contributed by atoms with van der Waals surface area (Å²) >= 11 is 0. The Hall–Kier alpha value is -0.120. The van der Waals surface area contributed by atoms with Crippen LogP contribution in [0, 0.1) is 11.8 Å². The van der Waals surface area contributed by atoms with Crippen LogP contribution in [0.3, 0.4) is 0 Å². The quantitative estimate of drug-likeness (QED) is 0.707. The lowest BCUT2D eigenvalue weighted by Gasteiger charge is -2.34. The lowest BCUT2D eigenvalue weighted by Crippen LogP contribution is -2.50. The first-order valence-corrected chi connectivity index (χ1v) is 7.18. The summed E-state index contributed by atoms with van der Waals surface area (Å²) in [6, 6.07) is 0. The average molecular weight is 240 g/mol. The molecule has 0 heterocycles. The van der Waals surface area contributed by atoms with Crippen molar-refractivity contribution in [3.05, 3.63) is 0 Å². The van der Waals surface area contributed by atoms with Crippen molar-refractivity contribution in [2.75, 3.05) is 33.8 Å². The van der Waals surface area contributed by atoms with E-state index in [0.29, 0.717) is 12.5 Å². The Bertz CT molecular complexity index is 236. The van der Waals surface area contributed by atoms with Gasteiger partial charge in [0.2, 0.25) is 0 Å². The largest absolute Gasteiger partial charge is 0.394 e. The fraction of sp³-hybridized carbons (Fsp3) is 1.00. The Labute approximate surface area is 106 Å². The van der Waals surface area contributed by atoms with Crippen LogP contribution in [0.5, 0.6) is 0 Å². The number of aliphatic hydroxyl groups excluding tert-OH is 1. The Kier molecular flexibility index (Phi) is 4.45. The second-order valence-electron chi connectivity index (χ2n) is 6.15. The maximum absolute atomic E-state index is 9.63. The maximum atomic E-state index is 9.63. The fourth-order valence-electron chi connectivity index (χ4n) is 3.39. The number of likely N-dealkylation sites (N-methyl/N-ethyl adjacent to an activating group) is 1. The summed E-state index contributed by atoms with van der Waals surface area (Å²) in [7, 11) is 4.25. The third-order valence-corrected chi connectivity index (χ3v) is 4.86. The van der Waals surface area contributed by atoms with Gasteiger partial charge in [0.05, 0.1) is 6.61 Å². The van der Waals surface area contributed by atoms with Crippen molar-refractivity contribution in [1.29, 1.82) is 0 Å². The van der Waals surface area contributed by atoms with Crippen molar-refractivity contribution in [2.24, 2.45) is 11.8 Å². The summed E-state index contributed by atoms with van der Waals surface area (Å²) in [5.74, 6) is 1.63. The Balaban J connectivity index is 1.76. The molecule has 0 radical (unpaired) electrons. The molecule has 2 unspecified atom stereocenters. The first-order valence-electron chi connectivity index (χ1n) is 7.18. The standard InChI is InChI=1S/C14H28N2O/c1-15-14(11-17)8-3-4-13(14)7-9-16(2)10-12-5-6-12/h12-13,15,17H,3-11H2,1-2H3. The van der Waals surface area contributed by atoms with Crippen molar-refractivity contribution in [3.63, 3.8) is 0 Å². The molecule has 2 fully saturated rings. The number of nitrogens with one attached hydrogen (secondary N) is 1. The highest BCUT2D eigenvalue weighted by atomic mass is 16.3. The van der Waals surface area contributed by atoms with E-state index in [4.69, 9.17) is 0 Å². The van der Waals surface area contributed by atoms with Gasteiger partial charge in [-0.25, -0.2) is 0 Å². The summed E-state index contributed by atoms with van der Waals surface area (Å²) in [4.78, 5) is 2.48. The molecule has 0 aromatic heterocycles. The molecule has 0 aromatic carbocycles. The molecule has 0 aliphatic heterocycles. The molecule has 0 spiro atoms. The van der Waals surface area contributed by atoms with E-state index in [-0.39, 0.29) is 5.54 Å². The van der Waals surface area contributed by atoms with Crippen LogP contribution >= 0.6 is 0 Å². The molecule has 0 aromatic rings. The van der Waals surface area contributed by atoms with Gasteiger partial charge in [0, 0.05) is 12.1 Å². The van der Waals surface area contributed by atoms with Crippen LogP contribution in [0.1, 0.15) is 38.5 Å². The minimum Gasteiger partial charge on any atom is -0.394 e. The first kappa shape index (κ1) is 13.3. The predicted octanol–water partition coefficient (Wildman–Crippen LogP) is 1.47. The van der Waals surface area contributed by atoms with E-state index >= 15 is 0 Å². The molecule has 100 valence electrons. The van der Waals surface area contributed by atoms with E-state index in [1.807, 2.05) is 7.05 Å². The molecule has 0 bridgehead atoms. The van der Waals surface area contributed by atoms with Crippen molar-refractivity contribution < 1.29 is 5.11 Å². The van der Waals surface area contributed by atoms with Gasteiger partial charge < -0.3 is 15.3 Å². The van der Waals surface area contributed by atoms with Gasteiger partial charge in [-0.15, -0.1) is 0 Å². The highest BCUT2D eigenvalue weighted by Crippen LogP contribution is 2.37. The van der Waals surface area contributed by atoms with Crippen LogP contribution in [0.4, 0.5) is 0 Å². The second kappa shape index (κ2) is 5.68. The van der Waals surface area contributed by atoms with Gasteiger partial charge >= 0.3 is 0 Å². The SMILES string of the molecule is CNC1(CO)CCCC1CCN(C)CC1CC1. The number of hydrogen-bond acceptors (Lipinski definition) is 3. The molecule has 2 aliphatic carbocycles. The molecule has 0 amide bonds. The van der Waals surface area contributed by atoms with Crippen LogP contribution in [-0.2, 0) is 0 Å². The highest BCUT2D eigenvalue weighted by molar-refractivity contribution is 4.98. The van der Waals surface area contributed by atoms with Gasteiger partial charge in [-0.3, -0.25) is 0 Å². The molecular weight excluding hydrogens is 212 g/mol. The average Bonchev–Trinajstić information content (AvgIpc) is 3.05. The Morgan fingerprint density at radius 1 is 1.35 bits per heavy atom. The molecule has 3 heteroatoms.